The van der Waals surface area contributed by atoms with Gasteiger partial charge in [-0.15, -0.1) is 0 Å². The maximum Gasteiger partial charge on any atom is 0.0318 e. The van der Waals surface area contributed by atoms with Crippen LogP contribution in [0.3, 0.4) is 0 Å². The van der Waals surface area contributed by atoms with Gasteiger partial charge in [-0.1, -0.05) is 6.42 Å². The van der Waals surface area contributed by atoms with E-state index in [1.54, 1.807) is 14.1 Å². The molecule has 0 aromatic carbocycles. The highest BCUT2D eigenvalue weighted by molar-refractivity contribution is 4.78. The fraction of sp³-hybridized carbons (Fsp3) is 0.500. The van der Waals surface area contributed by atoms with E-state index in [0.29, 0.717) is 0 Å². The predicted molar refractivity (Wildman–Crippen MR) is 25.7 cm³/mol. The molecule has 0 bridgehead atoms. The molecule has 2 nitrogen and oxygen atoms in total. The summed E-state index contributed by atoms with van der Waals surface area (Å²) in [6, 6.07) is 2.34. The average molecular weight is 84.1 g/mol. The molecule has 0 spiro atoms. The van der Waals surface area contributed by atoms with Gasteiger partial charge in [-0.05, 0) is 0 Å². The Balaban J connectivity index is 3.04. The number of hydrogen-bond donors (Lipinski definition) is 1. The van der Waals surface area contributed by atoms with Crippen LogP contribution in [0.15, 0.2) is 0 Å². The monoisotopic (exact) mass is 84.1 g/mol. The van der Waals surface area contributed by atoms with E-state index in [1.807, 2.05) is 0 Å². The number of terminal acetylenes is 1. The minimum absolute atomic E-state index is 1.53. The molecule has 0 aliphatic heterocycles. The summed E-state index contributed by atoms with van der Waals surface area (Å²) in [7, 11) is 3.53. The lowest BCUT2D eigenvalue weighted by molar-refractivity contribution is 0.389. The molecule has 0 rings (SSSR count). The minimum atomic E-state index is 1.53. The molecule has 0 atom stereocenters. The molecule has 6 heavy (non-hydrogen) atoms. The van der Waals surface area contributed by atoms with Crippen molar-refractivity contribution in [3.05, 3.63) is 0 Å². The van der Waals surface area contributed by atoms with Gasteiger partial charge in [0.1, 0.15) is 0 Å². The highest BCUT2D eigenvalue weighted by Gasteiger charge is 1.72. The third kappa shape index (κ3) is 1.62. The number of hydrogen-bond acceptors (Lipinski definition) is 2. The zero-order valence-electron chi connectivity index (χ0n) is 4.02. The van der Waals surface area contributed by atoms with Crippen molar-refractivity contribution in [3.8, 4) is 12.5 Å². The summed E-state index contributed by atoms with van der Waals surface area (Å²) in [5, 5.41) is 1.53. The van der Waals surface area contributed by atoms with Gasteiger partial charge in [0.2, 0.25) is 0 Å². The summed E-state index contributed by atoms with van der Waals surface area (Å²) in [5.41, 5.74) is 2.71. The van der Waals surface area contributed by atoms with Gasteiger partial charge in [0.05, 0.1) is 0 Å². The van der Waals surface area contributed by atoms with Crippen LogP contribution in [-0.2, 0) is 0 Å². The van der Waals surface area contributed by atoms with Crippen LogP contribution in [0, 0.1) is 12.5 Å². The van der Waals surface area contributed by atoms with Crippen molar-refractivity contribution in [1.29, 1.82) is 0 Å². The maximum atomic E-state index is 4.90. The molecular weight excluding hydrogens is 76.1 g/mol. The molecule has 0 amide bonds. The quantitative estimate of drug-likeness (QED) is 0.265. The second-order valence-electron chi connectivity index (χ2n) is 0.912. The van der Waals surface area contributed by atoms with E-state index in [1.165, 1.54) is 5.01 Å². The van der Waals surface area contributed by atoms with Crippen molar-refractivity contribution >= 4 is 0 Å². The number of nitrogens with zero attached hydrogens (tertiary/aromatic N) is 1. The first-order valence-corrected chi connectivity index (χ1v) is 1.68. The van der Waals surface area contributed by atoms with E-state index in [4.69, 9.17) is 6.42 Å². The van der Waals surface area contributed by atoms with Gasteiger partial charge >= 0.3 is 0 Å². The van der Waals surface area contributed by atoms with Gasteiger partial charge < -0.3 is 0 Å². The van der Waals surface area contributed by atoms with Crippen molar-refractivity contribution in [2.45, 2.75) is 0 Å². The first-order chi connectivity index (χ1) is 2.81. The molecule has 2 heteroatoms. The lowest BCUT2D eigenvalue weighted by Crippen LogP contribution is -2.24. The van der Waals surface area contributed by atoms with Gasteiger partial charge in [0, 0.05) is 20.1 Å². The molecule has 0 saturated carbocycles. The Morgan fingerprint density at radius 2 is 2.33 bits per heavy atom. The molecule has 0 radical (unpaired) electrons. The minimum Gasteiger partial charge on any atom is -0.271 e. The van der Waals surface area contributed by atoms with Crippen LogP contribution in [-0.4, -0.2) is 19.1 Å². The van der Waals surface area contributed by atoms with Crippen LogP contribution in [0.1, 0.15) is 0 Å². The van der Waals surface area contributed by atoms with Crippen molar-refractivity contribution in [2.75, 3.05) is 14.1 Å². The lowest BCUT2D eigenvalue weighted by Gasteiger charge is -2.04. The summed E-state index contributed by atoms with van der Waals surface area (Å²) < 4.78 is 0. The second-order valence-corrected chi connectivity index (χ2v) is 0.912. The van der Waals surface area contributed by atoms with Crippen LogP contribution in [0.5, 0.6) is 0 Å². The van der Waals surface area contributed by atoms with E-state index < -0.39 is 0 Å². The second kappa shape index (κ2) is 2.55. The Bertz CT molecular complexity index is 62.4. The van der Waals surface area contributed by atoms with Crippen molar-refractivity contribution in [3.63, 3.8) is 0 Å². The first kappa shape index (κ1) is 5.32. The summed E-state index contributed by atoms with van der Waals surface area (Å²) in [5.74, 6) is 0. The zero-order chi connectivity index (χ0) is 4.99. The first-order valence-electron chi connectivity index (χ1n) is 1.68. The topological polar surface area (TPSA) is 15.3 Å². The Labute approximate surface area is 38.1 Å². The molecule has 0 unspecified atom stereocenters. The van der Waals surface area contributed by atoms with Crippen LogP contribution >= 0.6 is 0 Å². The normalized spacial score (nSPS) is 6.83. The number of hydrazine groups is 1. The summed E-state index contributed by atoms with van der Waals surface area (Å²) in [4.78, 5) is 0. The third-order valence-electron chi connectivity index (χ3n) is 0.529. The van der Waals surface area contributed by atoms with Crippen LogP contribution in [0.25, 0.3) is 0 Å². The zero-order valence-corrected chi connectivity index (χ0v) is 4.02. The van der Waals surface area contributed by atoms with E-state index in [9.17, 15) is 0 Å². The molecule has 0 saturated heterocycles. The molecule has 0 heterocycles. The van der Waals surface area contributed by atoms with Crippen molar-refractivity contribution in [2.24, 2.45) is 0 Å². The Hall–Kier alpha value is -0.680. The molecule has 0 aromatic heterocycles. The van der Waals surface area contributed by atoms with Crippen molar-refractivity contribution < 1.29 is 0 Å². The van der Waals surface area contributed by atoms with E-state index >= 15 is 0 Å². The molecule has 0 fully saturated rings. The number of rotatable bonds is 1. The molecule has 0 aromatic rings. The van der Waals surface area contributed by atoms with Gasteiger partial charge in [-0.3, -0.25) is 5.01 Å². The Kier molecular flexibility index (Phi) is 2.26. The van der Waals surface area contributed by atoms with Gasteiger partial charge in [-0.2, -0.15) is 0 Å². The van der Waals surface area contributed by atoms with Gasteiger partial charge in [0.15, 0.2) is 0 Å². The highest BCUT2D eigenvalue weighted by Crippen LogP contribution is 1.57. The molecule has 0 aliphatic rings. The predicted octanol–water partition coefficient (Wildman–Crippen LogP) is -0.357. The van der Waals surface area contributed by atoms with E-state index in [0.717, 1.165) is 0 Å². The van der Waals surface area contributed by atoms with Gasteiger partial charge in [-0.25, -0.2) is 5.43 Å². The van der Waals surface area contributed by atoms with E-state index in [2.05, 4.69) is 11.5 Å². The smallest absolute Gasteiger partial charge is 0.0318 e. The average Bonchev–Trinajstić information content (AvgIpc) is 1.65. The maximum absolute atomic E-state index is 4.90. The Morgan fingerprint density at radius 3 is 2.33 bits per heavy atom. The molecule has 1 N–H and O–H groups in total. The largest absolute Gasteiger partial charge is 0.271 e. The number of nitrogens with one attached hydrogen (secondary N) is 1. The standard InChI is InChI=1S/C4H8N2/c1-4-6(3)5-2/h1,5H,2-3H3. The van der Waals surface area contributed by atoms with Crippen molar-refractivity contribution in [1.82, 2.24) is 10.4 Å². The van der Waals surface area contributed by atoms with Gasteiger partial charge in [0.25, 0.3) is 0 Å². The molecule has 0 aliphatic carbocycles. The highest BCUT2D eigenvalue weighted by atomic mass is 15.5. The SMILES string of the molecule is C#CN(C)NC. The Morgan fingerprint density at radius 1 is 1.83 bits per heavy atom. The van der Waals surface area contributed by atoms with Crippen LogP contribution < -0.4 is 5.43 Å². The lowest BCUT2D eigenvalue weighted by atomic mass is 11.0. The van der Waals surface area contributed by atoms with Crippen LogP contribution in [0.4, 0.5) is 0 Å². The fourth-order valence-corrected chi connectivity index (χ4v) is 0.0645. The summed E-state index contributed by atoms with van der Waals surface area (Å²) in [6.07, 6.45) is 4.90. The molecule has 34 valence electrons. The van der Waals surface area contributed by atoms with Crippen LogP contribution in [0.2, 0.25) is 0 Å². The fourth-order valence-electron chi connectivity index (χ4n) is 0.0645. The summed E-state index contributed by atoms with van der Waals surface area (Å²) in [6.45, 7) is 0. The third-order valence-corrected chi connectivity index (χ3v) is 0.529. The molecular formula is C4H8N2. The van der Waals surface area contributed by atoms with E-state index in [-0.39, 0.29) is 0 Å². The summed E-state index contributed by atoms with van der Waals surface area (Å²) >= 11 is 0.